The van der Waals surface area contributed by atoms with Gasteiger partial charge in [0.25, 0.3) is 0 Å². The molecule has 0 amide bonds. The number of rotatable bonds is 4. The fourth-order valence-corrected chi connectivity index (χ4v) is 3.31. The quantitative estimate of drug-likeness (QED) is 0.944. The Hall–Kier alpha value is -1.36. The molecule has 1 atom stereocenters. The lowest BCUT2D eigenvalue weighted by Crippen LogP contribution is -2.14. The van der Waals surface area contributed by atoms with E-state index in [0.29, 0.717) is 10.6 Å². The SMILES string of the molecule is O=S(=O)(C[C@H](O)c1cccc(Cl)c1)c1ccccc1. The molecule has 0 bridgehead atoms. The Bertz CT molecular complexity index is 653. The molecule has 100 valence electrons. The summed E-state index contributed by atoms with van der Waals surface area (Å²) in [5.74, 6) is -0.364. The van der Waals surface area contributed by atoms with Crippen LogP contribution >= 0.6 is 11.6 Å². The molecule has 3 nitrogen and oxygen atoms in total. The van der Waals surface area contributed by atoms with Gasteiger partial charge < -0.3 is 5.11 Å². The van der Waals surface area contributed by atoms with Gasteiger partial charge in [0.2, 0.25) is 0 Å². The Morgan fingerprint density at radius 3 is 2.37 bits per heavy atom. The van der Waals surface area contributed by atoms with Crippen LogP contribution in [0.2, 0.25) is 5.02 Å². The first-order valence-electron chi connectivity index (χ1n) is 5.70. The van der Waals surface area contributed by atoms with Crippen molar-refractivity contribution in [2.75, 3.05) is 5.75 Å². The maximum Gasteiger partial charge on any atom is 0.181 e. The van der Waals surface area contributed by atoms with Crippen LogP contribution < -0.4 is 0 Å². The van der Waals surface area contributed by atoms with Gasteiger partial charge in [0.05, 0.1) is 16.8 Å². The summed E-state index contributed by atoms with van der Waals surface area (Å²) >= 11 is 5.82. The van der Waals surface area contributed by atoms with Gasteiger partial charge in [0.15, 0.2) is 9.84 Å². The number of halogens is 1. The molecule has 0 saturated carbocycles. The molecule has 0 spiro atoms. The van der Waals surface area contributed by atoms with E-state index in [9.17, 15) is 13.5 Å². The molecule has 2 aromatic carbocycles. The highest BCUT2D eigenvalue weighted by atomic mass is 35.5. The third kappa shape index (κ3) is 3.56. The Morgan fingerprint density at radius 2 is 1.74 bits per heavy atom. The van der Waals surface area contributed by atoms with Crippen molar-refractivity contribution in [3.63, 3.8) is 0 Å². The smallest absolute Gasteiger partial charge is 0.181 e. The molecule has 1 N–H and O–H groups in total. The second kappa shape index (κ2) is 5.74. The lowest BCUT2D eigenvalue weighted by atomic mass is 10.1. The average molecular weight is 297 g/mol. The van der Waals surface area contributed by atoms with Gasteiger partial charge >= 0.3 is 0 Å². The minimum absolute atomic E-state index is 0.205. The van der Waals surface area contributed by atoms with Crippen molar-refractivity contribution in [2.24, 2.45) is 0 Å². The molecule has 5 heteroatoms. The van der Waals surface area contributed by atoms with E-state index in [1.54, 1.807) is 42.5 Å². The third-order valence-electron chi connectivity index (χ3n) is 2.71. The Labute approximate surface area is 117 Å². The van der Waals surface area contributed by atoms with Crippen molar-refractivity contribution >= 4 is 21.4 Å². The Morgan fingerprint density at radius 1 is 1.05 bits per heavy atom. The highest BCUT2D eigenvalue weighted by Crippen LogP contribution is 2.22. The van der Waals surface area contributed by atoms with Crippen molar-refractivity contribution in [1.29, 1.82) is 0 Å². The molecule has 0 heterocycles. The van der Waals surface area contributed by atoms with E-state index in [2.05, 4.69) is 0 Å². The zero-order valence-electron chi connectivity index (χ0n) is 10.0. The fourth-order valence-electron chi connectivity index (χ4n) is 1.74. The van der Waals surface area contributed by atoms with Crippen LogP contribution in [0.15, 0.2) is 59.5 Å². The zero-order valence-corrected chi connectivity index (χ0v) is 11.6. The van der Waals surface area contributed by atoms with Gasteiger partial charge in [-0.25, -0.2) is 8.42 Å². The van der Waals surface area contributed by atoms with Crippen LogP contribution in [-0.2, 0) is 9.84 Å². The van der Waals surface area contributed by atoms with Gasteiger partial charge in [-0.2, -0.15) is 0 Å². The van der Waals surface area contributed by atoms with Crippen LogP contribution in [-0.4, -0.2) is 19.3 Å². The van der Waals surface area contributed by atoms with Crippen LogP contribution in [0.1, 0.15) is 11.7 Å². The number of sulfone groups is 1. The summed E-state index contributed by atoms with van der Waals surface area (Å²) in [6.45, 7) is 0. The zero-order chi connectivity index (χ0) is 13.9. The molecule has 0 aliphatic heterocycles. The lowest BCUT2D eigenvalue weighted by molar-refractivity contribution is 0.201. The standard InChI is InChI=1S/C14H13ClO3S/c15-12-6-4-5-11(9-12)14(16)10-19(17,18)13-7-2-1-3-8-13/h1-9,14,16H,10H2/t14-/m0/s1. The van der Waals surface area contributed by atoms with Crippen molar-refractivity contribution in [3.05, 3.63) is 65.2 Å². The van der Waals surface area contributed by atoms with Crippen LogP contribution in [0.3, 0.4) is 0 Å². The summed E-state index contributed by atoms with van der Waals surface area (Å²) in [6, 6.07) is 14.6. The predicted octanol–water partition coefficient (Wildman–Crippen LogP) is 2.85. The second-order valence-electron chi connectivity index (χ2n) is 4.17. The third-order valence-corrected chi connectivity index (χ3v) is 4.69. The molecule has 0 aliphatic rings. The largest absolute Gasteiger partial charge is 0.387 e. The van der Waals surface area contributed by atoms with Crippen LogP contribution in [0, 0.1) is 0 Å². The fraction of sp³-hybridized carbons (Fsp3) is 0.143. The van der Waals surface area contributed by atoms with E-state index in [0.717, 1.165) is 0 Å². The summed E-state index contributed by atoms with van der Waals surface area (Å²) in [5.41, 5.74) is 0.493. The van der Waals surface area contributed by atoms with E-state index >= 15 is 0 Å². The topological polar surface area (TPSA) is 54.4 Å². The van der Waals surface area contributed by atoms with Crippen molar-refractivity contribution in [1.82, 2.24) is 0 Å². The molecular formula is C14H13ClO3S. The minimum Gasteiger partial charge on any atom is -0.387 e. The van der Waals surface area contributed by atoms with Gasteiger partial charge in [-0.1, -0.05) is 41.9 Å². The number of aliphatic hydroxyl groups excluding tert-OH is 1. The van der Waals surface area contributed by atoms with Crippen LogP contribution in [0.25, 0.3) is 0 Å². The van der Waals surface area contributed by atoms with E-state index < -0.39 is 15.9 Å². The molecule has 0 radical (unpaired) electrons. The second-order valence-corrected chi connectivity index (χ2v) is 6.64. The first-order valence-corrected chi connectivity index (χ1v) is 7.73. The highest BCUT2D eigenvalue weighted by molar-refractivity contribution is 7.91. The van der Waals surface area contributed by atoms with Crippen molar-refractivity contribution in [2.45, 2.75) is 11.0 Å². The van der Waals surface area contributed by atoms with Gasteiger partial charge in [0, 0.05) is 5.02 Å². The van der Waals surface area contributed by atoms with Crippen LogP contribution in [0.4, 0.5) is 0 Å². The van der Waals surface area contributed by atoms with E-state index in [1.165, 1.54) is 12.1 Å². The van der Waals surface area contributed by atoms with Gasteiger partial charge in [-0.3, -0.25) is 0 Å². The maximum absolute atomic E-state index is 12.1. The molecule has 2 aromatic rings. The highest BCUT2D eigenvalue weighted by Gasteiger charge is 2.20. The monoisotopic (exact) mass is 296 g/mol. The summed E-state index contributed by atoms with van der Waals surface area (Å²) in [6.07, 6.45) is -1.09. The van der Waals surface area contributed by atoms with Crippen molar-refractivity contribution in [3.8, 4) is 0 Å². The lowest BCUT2D eigenvalue weighted by Gasteiger charge is -2.12. The first-order chi connectivity index (χ1) is 8.99. The Balaban J connectivity index is 2.22. The summed E-state index contributed by atoms with van der Waals surface area (Å²) < 4.78 is 24.2. The number of aliphatic hydroxyl groups is 1. The van der Waals surface area contributed by atoms with Crippen molar-refractivity contribution < 1.29 is 13.5 Å². The van der Waals surface area contributed by atoms with E-state index in [-0.39, 0.29) is 10.6 Å². The van der Waals surface area contributed by atoms with E-state index in [4.69, 9.17) is 11.6 Å². The maximum atomic E-state index is 12.1. The average Bonchev–Trinajstić information content (AvgIpc) is 2.39. The molecule has 0 unspecified atom stereocenters. The molecule has 19 heavy (non-hydrogen) atoms. The van der Waals surface area contributed by atoms with Gasteiger partial charge in [-0.15, -0.1) is 0 Å². The number of hydrogen-bond donors (Lipinski definition) is 1. The molecule has 2 rings (SSSR count). The first kappa shape index (κ1) is 14.1. The molecule has 0 aromatic heterocycles. The predicted molar refractivity (Wildman–Crippen MR) is 74.9 cm³/mol. The number of benzene rings is 2. The minimum atomic E-state index is -3.51. The normalized spacial score (nSPS) is 13.2. The number of hydrogen-bond acceptors (Lipinski definition) is 3. The molecule has 0 aliphatic carbocycles. The summed E-state index contributed by atoms with van der Waals surface area (Å²) in [5, 5.41) is 10.5. The van der Waals surface area contributed by atoms with Gasteiger partial charge in [0.1, 0.15) is 0 Å². The molecule has 0 saturated heterocycles. The summed E-state index contributed by atoms with van der Waals surface area (Å²) in [4.78, 5) is 0.205. The molecule has 0 fully saturated rings. The van der Waals surface area contributed by atoms with Gasteiger partial charge in [-0.05, 0) is 29.8 Å². The van der Waals surface area contributed by atoms with Crippen LogP contribution in [0.5, 0.6) is 0 Å². The molecular weight excluding hydrogens is 284 g/mol. The summed E-state index contributed by atoms with van der Waals surface area (Å²) in [7, 11) is -3.51. The van der Waals surface area contributed by atoms with E-state index in [1.807, 2.05) is 0 Å². The Kier molecular flexibility index (Phi) is 4.24.